The number of guanidine groups is 1. The first-order chi connectivity index (χ1) is 8.69. The van der Waals surface area contributed by atoms with Crippen LogP contribution in [0.5, 0.6) is 0 Å². The molecule has 3 fully saturated rings. The molecule has 3 aliphatic rings. The van der Waals surface area contributed by atoms with Crippen molar-refractivity contribution in [1.82, 2.24) is 10.6 Å². The Balaban J connectivity index is 1.43. The van der Waals surface area contributed by atoms with Gasteiger partial charge in [0, 0.05) is 19.6 Å². The fraction of sp³-hybridized carbons (Fsp3) is 0.929. The highest BCUT2D eigenvalue weighted by Gasteiger charge is 2.49. The normalized spacial score (nSPS) is 39.1. The highest BCUT2D eigenvalue weighted by atomic mass is 16.3. The van der Waals surface area contributed by atoms with E-state index in [1.54, 1.807) is 0 Å². The van der Waals surface area contributed by atoms with Crippen molar-refractivity contribution >= 4 is 5.96 Å². The molecule has 3 saturated carbocycles. The lowest BCUT2D eigenvalue weighted by Gasteiger charge is -2.32. The molecule has 0 amide bonds. The minimum absolute atomic E-state index is 0.394. The van der Waals surface area contributed by atoms with Crippen molar-refractivity contribution in [2.75, 3.05) is 13.6 Å². The van der Waals surface area contributed by atoms with E-state index < -0.39 is 5.60 Å². The molecular formula is C14H25N3O. The van der Waals surface area contributed by atoms with Gasteiger partial charge in [-0.2, -0.15) is 0 Å². The molecule has 0 aromatic carbocycles. The molecule has 3 aliphatic carbocycles. The van der Waals surface area contributed by atoms with Crippen LogP contribution in [0.3, 0.4) is 0 Å². The van der Waals surface area contributed by atoms with E-state index in [2.05, 4.69) is 15.6 Å². The van der Waals surface area contributed by atoms with Crippen LogP contribution < -0.4 is 10.6 Å². The van der Waals surface area contributed by atoms with Gasteiger partial charge in [-0.25, -0.2) is 0 Å². The van der Waals surface area contributed by atoms with Gasteiger partial charge in [-0.3, -0.25) is 4.99 Å². The summed E-state index contributed by atoms with van der Waals surface area (Å²) in [5.74, 6) is 2.25. The van der Waals surface area contributed by atoms with E-state index in [1.165, 1.54) is 32.1 Å². The Morgan fingerprint density at radius 1 is 1.33 bits per heavy atom. The highest BCUT2D eigenvalue weighted by Crippen LogP contribution is 2.51. The molecule has 0 heterocycles. The summed E-state index contributed by atoms with van der Waals surface area (Å²) in [6.45, 7) is 0.826. The smallest absolute Gasteiger partial charge is 0.191 e. The van der Waals surface area contributed by atoms with E-state index >= 15 is 0 Å². The number of rotatable bonds is 4. The third-order valence-corrected chi connectivity index (χ3v) is 4.94. The summed E-state index contributed by atoms with van der Waals surface area (Å²) in [5.41, 5.74) is -0.394. The lowest BCUT2D eigenvalue weighted by molar-refractivity contribution is -0.0191. The average Bonchev–Trinajstić information content (AvgIpc) is 2.96. The summed E-state index contributed by atoms with van der Waals surface area (Å²) < 4.78 is 0. The highest BCUT2D eigenvalue weighted by molar-refractivity contribution is 5.80. The Morgan fingerprint density at radius 3 is 2.72 bits per heavy atom. The zero-order valence-electron chi connectivity index (χ0n) is 11.3. The SMILES string of the molecule is CN=C(NCCC1(O)CC2CCC1C2)NC1CC1. The number of fused-ring (bicyclic) bond motifs is 2. The summed E-state index contributed by atoms with van der Waals surface area (Å²) in [7, 11) is 1.81. The minimum atomic E-state index is -0.394. The van der Waals surface area contributed by atoms with Crippen molar-refractivity contribution in [3.63, 3.8) is 0 Å². The second-order valence-corrected chi connectivity index (χ2v) is 6.35. The third-order valence-electron chi connectivity index (χ3n) is 4.94. The largest absolute Gasteiger partial charge is 0.390 e. The third kappa shape index (κ3) is 2.48. The van der Waals surface area contributed by atoms with Crippen LogP contribution in [0.25, 0.3) is 0 Å². The van der Waals surface area contributed by atoms with E-state index in [4.69, 9.17) is 0 Å². The molecular weight excluding hydrogens is 226 g/mol. The fourth-order valence-electron chi connectivity index (χ4n) is 3.73. The van der Waals surface area contributed by atoms with Crippen LogP contribution >= 0.6 is 0 Å². The second-order valence-electron chi connectivity index (χ2n) is 6.35. The number of aliphatic imine (C=N–C) groups is 1. The van der Waals surface area contributed by atoms with Crippen LogP contribution in [0.1, 0.15) is 44.9 Å². The summed E-state index contributed by atoms with van der Waals surface area (Å²) >= 11 is 0. The monoisotopic (exact) mass is 251 g/mol. The first-order valence-corrected chi connectivity index (χ1v) is 7.39. The maximum atomic E-state index is 10.7. The van der Waals surface area contributed by atoms with Gasteiger partial charge in [0.05, 0.1) is 5.60 Å². The molecule has 0 saturated heterocycles. The van der Waals surface area contributed by atoms with Gasteiger partial charge in [-0.05, 0) is 56.8 Å². The van der Waals surface area contributed by atoms with Crippen molar-refractivity contribution in [1.29, 1.82) is 0 Å². The van der Waals surface area contributed by atoms with Crippen molar-refractivity contribution < 1.29 is 5.11 Å². The summed E-state index contributed by atoms with van der Waals surface area (Å²) in [4.78, 5) is 4.22. The van der Waals surface area contributed by atoms with Crippen LogP contribution in [-0.4, -0.2) is 36.3 Å². The van der Waals surface area contributed by atoms with Gasteiger partial charge in [0.25, 0.3) is 0 Å². The van der Waals surface area contributed by atoms with E-state index in [9.17, 15) is 5.11 Å². The summed E-state index contributed by atoms with van der Waals surface area (Å²) in [6.07, 6.45) is 8.23. The van der Waals surface area contributed by atoms with Crippen LogP contribution in [0, 0.1) is 11.8 Å². The second kappa shape index (κ2) is 4.72. The van der Waals surface area contributed by atoms with E-state index in [0.717, 1.165) is 31.3 Å². The minimum Gasteiger partial charge on any atom is -0.390 e. The molecule has 4 heteroatoms. The molecule has 2 bridgehead atoms. The molecule has 3 rings (SSSR count). The van der Waals surface area contributed by atoms with Gasteiger partial charge in [0.1, 0.15) is 0 Å². The number of hydrogen-bond donors (Lipinski definition) is 3. The topological polar surface area (TPSA) is 56.7 Å². The van der Waals surface area contributed by atoms with Gasteiger partial charge in [0.15, 0.2) is 5.96 Å². The lowest BCUT2D eigenvalue weighted by atomic mass is 9.82. The zero-order chi connectivity index (χ0) is 12.6. The molecule has 0 radical (unpaired) electrons. The van der Waals surface area contributed by atoms with E-state index in [1.807, 2.05) is 7.05 Å². The standard InChI is InChI=1S/C14H25N3O/c1-15-13(17-12-4-5-12)16-7-6-14(18)9-10-2-3-11(14)8-10/h10-12,18H,2-9H2,1H3,(H2,15,16,17). The first kappa shape index (κ1) is 12.3. The Bertz CT molecular complexity index is 340. The van der Waals surface area contributed by atoms with Crippen molar-refractivity contribution in [3.8, 4) is 0 Å². The van der Waals surface area contributed by atoms with Gasteiger partial charge in [-0.1, -0.05) is 0 Å². The Hall–Kier alpha value is -0.770. The summed E-state index contributed by atoms with van der Waals surface area (Å²) in [5, 5.41) is 17.4. The van der Waals surface area contributed by atoms with Crippen molar-refractivity contribution in [3.05, 3.63) is 0 Å². The van der Waals surface area contributed by atoms with Crippen LogP contribution in [0.15, 0.2) is 4.99 Å². The number of hydrogen-bond acceptors (Lipinski definition) is 2. The molecule has 18 heavy (non-hydrogen) atoms. The molecule has 3 atom stereocenters. The summed E-state index contributed by atoms with van der Waals surface area (Å²) in [6, 6.07) is 0.627. The van der Waals surface area contributed by atoms with Gasteiger partial charge >= 0.3 is 0 Å². The Kier molecular flexibility index (Phi) is 3.22. The van der Waals surface area contributed by atoms with Crippen molar-refractivity contribution in [2.24, 2.45) is 16.8 Å². The molecule has 0 aliphatic heterocycles. The molecule has 3 unspecified atom stereocenters. The fourth-order valence-corrected chi connectivity index (χ4v) is 3.73. The maximum Gasteiger partial charge on any atom is 0.191 e. The van der Waals surface area contributed by atoms with Crippen LogP contribution in [0.2, 0.25) is 0 Å². The van der Waals surface area contributed by atoms with Crippen LogP contribution in [-0.2, 0) is 0 Å². The maximum absolute atomic E-state index is 10.7. The number of nitrogens with zero attached hydrogens (tertiary/aromatic N) is 1. The molecule has 3 N–H and O–H groups in total. The number of aliphatic hydroxyl groups is 1. The number of nitrogens with one attached hydrogen (secondary N) is 2. The first-order valence-electron chi connectivity index (χ1n) is 7.39. The van der Waals surface area contributed by atoms with Crippen molar-refractivity contribution in [2.45, 2.75) is 56.6 Å². The molecule has 102 valence electrons. The Labute approximate surface area is 109 Å². The van der Waals surface area contributed by atoms with Gasteiger partial charge < -0.3 is 15.7 Å². The molecule has 0 aromatic heterocycles. The predicted octanol–water partition coefficient (Wildman–Crippen LogP) is 1.25. The zero-order valence-corrected chi connectivity index (χ0v) is 11.3. The van der Waals surface area contributed by atoms with Crippen LogP contribution in [0.4, 0.5) is 0 Å². The molecule has 4 nitrogen and oxygen atoms in total. The van der Waals surface area contributed by atoms with E-state index in [0.29, 0.717) is 12.0 Å². The van der Waals surface area contributed by atoms with E-state index in [-0.39, 0.29) is 0 Å². The average molecular weight is 251 g/mol. The van der Waals surface area contributed by atoms with Gasteiger partial charge in [-0.15, -0.1) is 0 Å². The molecule has 0 spiro atoms. The predicted molar refractivity (Wildman–Crippen MR) is 72.5 cm³/mol. The molecule has 0 aromatic rings. The van der Waals surface area contributed by atoms with Gasteiger partial charge in [0.2, 0.25) is 0 Å². The Morgan fingerprint density at radius 2 is 2.17 bits per heavy atom. The lowest BCUT2D eigenvalue weighted by Crippen LogP contribution is -2.43. The quantitative estimate of drug-likeness (QED) is 0.521.